The fraction of sp³-hybridized carbons (Fsp3) is 0.522. The smallest absolute Gasteiger partial charge is 0.354 e. The Balaban J connectivity index is 1.50. The number of ether oxygens (including phenoxy) is 2. The number of hydrogen-bond donors (Lipinski definition) is 1. The van der Waals surface area contributed by atoms with Crippen molar-refractivity contribution in [2.45, 2.75) is 50.4 Å². The number of nitrogens with zero attached hydrogens (tertiary/aromatic N) is 1. The summed E-state index contributed by atoms with van der Waals surface area (Å²) >= 11 is 0. The zero-order chi connectivity index (χ0) is 21.3. The van der Waals surface area contributed by atoms with E-state index in [0.29, 0.717) is 18.6 Å². The number of oxime groups is 1. The van der Waals surface area contributed by atoms with Gasteiger partial charge in [-0.25, -0.2) is 4.79 Å². The molecule has 6 atom stereocenters. The second-order valence-electron chi connectivity index (χ2n) is 9.06. The molecule has 1 N–H and O–H groups in total. The average molecular weight is 411 g/mol. The molecule has 2 heterocycles. The van der Waals surface area contributed by atoms with Crippen LogP contribution in [0.5, 0.6) is 5.75 Å². The second kappa shape index (κ2) is 6.17. The first-order valence-electron chi connectivity index (χ1n) is 10.3. The lowest BCUT2D eigenvalue weighted by atomic mass is 9.63. The van der Waals surface area contributed by atoms with Crippen LogP contribution in [0.1, 0.15) is 38.7 Å². The zero-order valence-corrected chi connectivity index (χ0v) is 17.3. The summed E-state index contributed by atoms with van der Waals surface area (Å²) in [5.41, 5.74) is -2.36. The van der Waals surface area contributed by atoms with Crippen LogP contribution < -0.4 is 4.74 Å². The average Bonchev–Trinajstić information content (AvgIpc) is 3.37. The Morgan fingerprint density at radius 3 is 2.63 bits per heavy atom. The first-order valence-corrected chi connectivity index (χ1v) is 10.3. The van der Waals surface area contributed by atoms with E-state index in [4.69, 9.17) is 14.3 Å². The van der Waals surface area contributed by atoms with Crippen LogP contribution in [0.4, 0.5) is 0 Å². The van der Waals surface area contributed by atoms with Crippen LogP contribution in [0.25, 0.3) is 0 Å². The van der Waals surface area contributed by atoms with Crippen molar-refractivity contribution in [3.63, 3.8) is 0 Å². The number of fused-ring (bicyclic) bond motifs is 4. The van der Waals surface area contributed by atoms with Crippen LogP contribution in [-0.2, 0) is 19.2 Å². The molecule has 1 spiro atoms. The van der Waals surface area contributed by atoms with Crippen LogP contribution in [0.2, 0.25) is 0 Å². The van der Waals surface area contributed by atoms with E-state index in [1.807, 2.05) is 31.2 Å². The Kier molecular flexibility index (Phi) is 3.97. The van der Waals surface area contributed by atoms with E-state index in [-0.39, 0.29) is 24.0 Å². The number of carbonyl (C=O) groups is 2. The number of allylic oxidation sites excluding steroid dienone is 1. The highest BCUT2D eigenvalue weighted by molar-refractivity contribution is 6.06. The Hall–Kier alpha value is -2.67. The number of aliphatic hydroxyl groups is 1. The third kappa shape index (κ3) is 2.21. The van der Waals surface area contributed by atoms with E-state index in [0.717, 1.165) is 11.3 Å². The van der Waals surface area contributed by atoms with Crippen molar-refractivity contribution in [3.8, 4) is 5.75 Å². The number of esters is 1. The molecule has 1 saturated heterocycles. The van der Waals surface area contributed by atoms with E-state index in [1.165, 1.54) is 6.08 Å². The molecule has 7 heteroatoms. The summed E-state index contributed by atoms with van der Waals surface area (Å²) < 4.78 is 11.0. The summed E-state index contributed by atoms with van der Waals surface area (Å²) in [5, 5.41) is 15.7. The summed E-state index contributed by atoms with van der Waals surface area (Å²) in [4.78, 5) is 31.9. The van der Waals surface area contributed by atoms with E-state index in [1.54, 1.807) is 20.1 Å². The van der Waals surface area contributed by atoms with Gasteiger partial charge in [0, 0.05) is 6.42 Å². The highest BCUT2D eigenvalue weighted by Gasteiger charge is 2.73. The Morgan fingerprint density at radius 2 is 1.93 bits per heavy atom. The van der Waals surface area contributed by atoms with Gasteiger partial charge in [-0.2, -0.15) is 0 Å². The molecular weight excluding hydrogens is 386 g/mol. The van der Waals surface area contributed by atoms with Crippen molar-refractivity contribution < 1.29 is 29.0 Å². The molecule has 1 aromatic carbocycles. The number of hydrogen-bond acceptors (Lipinski definition) is 7. The minimum Gasteiger partial charge on any atom is -0.497 e. The number of ketones is 1. The molecule has 2 aliphatic heterocycles. The van der Waals surface area contributed by atoms with Gasteiger partial charge in [-0.3, -0.25) is 4.79 Å². The highest BCUT2D eigenvalue weighted by Crippen LogP contribution is 2.59. The van der Waals surface area contributed by atoms with Crippen molar-refractivity contribution >= 4 is 17.5 Å². The highest BCUT2D eigenvalue weighted by atomic mass is 16.7. The van der Waals surface area contributed by atoms with Gasteiger partial charge in [-0.1, -0.05) is 12.1 Å². The van der Waals surface area contributed by atoms with Gasteiger partial charge in [0.05, 0.1) is 18.7 Å². The topological polar surface area (TPSA) is 94.4 Å². The Bertz CT molecular complexity index is 984. The fourth-order valence-electron chi connectivity index (χ4n) is 5.73. The molecule has 158 valence electrons. The molecule has 5 rings (SSSR count). The SMILES string of the molecule is COc1ccc(C2=NOC3(C2)C(=O)O[C@@H]2[C@H]3CC[C@H](C)[C@]3(O)C=CC(=O)[C@@]23C)cc1. The summed E-state index contributed by atoms with van der Waals surface area (Å²) in [6.07, 6.45) is 3.74. The minimum atomic E-state index is -1.35. The van der Waals surface area contributed by atoms with Crippen molar-refractivity contribution in [3.05, 3.63) is 42.0 Å². The van der Waals surface area contributed by atoms with Gasteiger partial charge < -0.3 is 19.4 Å². The Labute approximate surface area is 174 Å². The number of methoxy groups -OCH3 is 1. The van der Waals surface area contributed by atoms with Crippen LogP contribution in [0, 0.1) is 17.3 Å². The second-order valence-corrected chi connectivity index (χ2v) is 9.06. The van der Waals surface area contributed by atoms with Gasteiger partial charge >= 0.3 is 5.97 Å². The summed E-state index contributed by atoms with van der Waals surface area (Å²) in [5.74, 6) is -0.536. The molecule has 0 bridgehead atoms. The third-order valence-corrected chi connectivity index (χ3v) is 7.78. The first kappa shape index (κ1) is 19.3. The largest absolute Gasteiger partial charge is 0.497 e. The first-order chi connectivity index (χ1) is 14.3. The van der Waals surface area contributed by atoms with Gasteiger partial charge in [-0.15, -0.1) is 0 Å². The van der Waals surface area contributed by atoms with Gasteiger partial charge in [0.25, 0.3) is 0 Å². The summed E-state index contributed by atoms with van der Waals surface area (Å²) in [6, 6.07) is 7.40. The predicted molar refractivity (Wildman–Crippen MR) is 107 cm³/mol. The predicted octanol–water partition coefficient (Wildman–Crippen LogP) is 2.41. The minimum absolute atomic E-state index is 0.157. The lowest BCUT2D eigenvalue weighted by Gasteiger charge is -2.43. The molecule has 0 aromatic heterocycles. The quantitative estimate of drug-likeness (QED) is 0.751. The van der Waals surface area contributed by atoms with E-state index >= 15 is 0 Å². The van der Waals surface area contributed by atoms with Crippen LogP contribution in [0.3, 0.4) is 0 Å². The maximum absolute atomic E-state index is 13.1. The summed E-state index contributed by atoms with van der Waals surface area (Å²) in [6.45, 7) is 3.65. The molecule has 2 fully saturated rings. The van der Waals surface area contributed by atoms with Crippen LogP contribution >= 0.6 is 0 Å². The normalized spacial score (nSPS) is 41.7. The molecule has 1 unspecified atom stereocenters. The van der Waals surface area contributed by atoms with Crippen molar-refractivity contribution in [2.75, 3.05) is 7.11 Å². The maximum atomic E-state index is 13.1. The molecular formula is C23H25NO6. The van der Waals surface area contributed by atoms with E-state index < -0.39 is 28.7 Å². The van der Waals surface area contributed by atoms with Crippen molar-refractivity contribution in [2.24, 2.45) is 22.4 Å². The lowest BCUT2D eigenvalue weighted by Crippen LogP contribution is -2.57. The van der Waals surface area contributed by atoms with E-state index in [9.17, 15) is 14.7 Å². The fourth-order valence-corrected chi connectivity index (χ4v) is 5.73. The molecule has 30 heavy (non-hydrogen) atoms. The van der Waals surface area contributed by atoms with Crippen molar-refractivity contribution in [1.82, 2.24) is 0 Å². The standard InChI is InChI=1S/C23H25NO6/c1-13-4-9-16-19(21(2)18(25)10-11-23(13,21)27)29-20(26)22(16)12-17(24-30-22)14-5-7-15(28-3)8-6-14/h5-8,10-11,13,16,19,27H,4,9,12H2,1-3H3/t13-,16+,19+,21-,22?,23+/m0/s1. The number of carbonyl (C=O) groups excluding carboxylic acids is 2. The van der Waals surface area contributed by atoms with Crippen LogP contribution in [-0.4, -0.2) is 47.0 Å². The maximum Gasteiger partial charge on any atom is 0.354 e. The van der Waals surface area contributed by atoms with Gasteiger partial charge in [0.1, 0.15) is 22.9 Å². The number of rotatable bonds is 2. The monoisotopic (exact) mass is 411 g/mol. The Morgan fingerprint density at radius 1 is 1.20 bits per heavy atom. The molecule has 0 amide bonds. The van der Waals surface area contributed by atoms with Gasteiger partial charge in [0.15, 0.2) is 5.78 Å². The van der Waals surface area contributed by atoms with Crippen LogP contribution in [0.15, 0.2) is 41.6 Å². The molecule has 1 saturated carbocycles. The molecule has 2 aliphatic carbocycles. The van der Waals surface area contributed by atoms with E-state index in [2.05, 4.69) is 5.16 Å². The van der Waals surface area contributed by atoms with Gasteiger partial charge in [-0.05, 0) is 67.7 Å². The zero-order valence-electron chi connectivity index (χ0n) is 17.3. The molecule has 0 radical (unpaired) electrons. The van der Waals surface area contributed by atoms with Gasteiger partial charge in [0.2, 0.25) is 5.60 Å². The number of benzene rings is 1. The third-order valence-electron chi connectivity index (χ3n) is 7.78. The summed E-state index contributed by atoms with van der Waals surface area (Å²) in [7, 11) is 1.60. The molecule has 7 nitrogen and oxygen atoms in total. The lowest BCUT2D eigenvalue weighted by molar-refractivity contribution is -0.169. The van der Waals surface area contributed by atoms with Crippen molar-refractivity contribution in [1.29, 1.82) is 0 Å². The molecule has 4 aliphatic rings. The molecule has 1 aromatic rings.